The zero-order valence-corrected chi connectivity index (χ0v) is 13.3. The van der Waals surface area contributed by atoms with Crippen molar-refractivity contribution in [1.29, 1.82) is 0 Å². The molecule has 1 saturated heterocycles. The summed E-state index contributed by atoms with van der Waals surface area (Å²) in [5.74, 6) is 0. The monoisotopic (exact) mass is 290 g/mol. The van der Waals surface area contributed by atoms with Crippen LogP contribution in [0.25, 0.3) is 0 Å². The number of nitrogens with zero attached hydrogens (tertiary/aromatic N) is 4. The van der Waals surface area contributed by atoms with E-state index in [9.17, 15) is 0 Å². The molecule has 2 N–H and O–H groups in total. The molecule has 116 valence electrons. The van der Waals surface area contributed by atoms with Crippen LogP contribution in [0.3, 0.4) is 0 Å². The molecule has 0 aliphatic carbocycles. The molecule has 21 heavy (non-hydrogen) atoms. The van der Waals surface area contributed by atoms with Crippen molar-refractivity contribution in [1.82, 2.24) is 30.6 Å². The fraction of sp³-hybridized carbons (Fsp3) is 0.533. The zero-order chi connectivity index (χ0) is 15.6. The molecule has 3 heterocycles. The first-order valence-corrected chi connectivity index (χ1v) is 7.15. The van der Waals surface area contributed by atoms with E-state index in [1.807, 2.05) is 18.2 Å². The van der Waals surface area contributed by atoms with Crippen molar-refractivity contribution in [3.63, 3.8) is 0 Å². The van der Waals surface area contributed by atoms with Gasteiger partial charge in [0.25, 0.3) is 0 Å². The van der Waals surface area contributed by atoms with Crippen LogP contribution in [0.5, 0.6) is 0 Å². The Balaban J connectivity index is 0.000000170. The highest BCUT2D eigenvalue weighted by molar-refractivity contribution is 4.93. The number of piperazine rings is 1. The second-order valence-electron chi connectivity index (χ2n) is 5.44. The van der Waals surface area contributed by atoms with Gasteiger partial charge in [-0.2, -0.15) is 0 Å². The second-order valence-corrected chi connectivity index (χ2v) is 5.44. The van der Waals surface area contributed by atoms with Gasteiger partial charge in [0.1, 0.15) is 0 Å². The van der Waals surface area contributed by atoms with E-state index in [2.05, 4.69) is 58.4 Å². The van der Waals surface area contributed by atoms with Gasteiger partial charge in [-0.1, -0.05) is 11.3 Å². The molecule has 3 rings (SSSR count). The molecular formula is C15H26N6. The molecule has 6 nitrogen and oxygen atoms in total. The highest BCUT2D eigenvalue weighted by atomic mass is 15.3. The van der Waals surface area contributed by atoms with Gasteiger partial charge in [0.15, 0.2) is 0 Å². The van der Waals surface area contributed by atoms with Gasteiger partial charge < -0.3 is 5.32 Å². The highest BCUT2D eigenvalue weighted by Gasteiger charge is 2.32. The first kappa shape index (κ1) is 17.3. The van der Waals surface area contributed by atoms with Crippen LogP contribution in [0.2, 0.25) is 0 Å². The summed E-state index contributed by atoms with van der Waals surface area (Å²) < 4.78 is 0. The largest absolute Gasteiger partial charge is 0.311 e. The number of hydrogen-bond donors (Lipinski definition) is 2. The molecule has 2 aromatic heterocycles. The Hall–Kier alpha value is -1.79. The summed E-state index contributed by atoms with van der Waals surface area (Å²) >= 11 is 0. The van der Waals surface area contributed by atoms with Gasteiger partial charge in [0, 0.05) is 43.3 Å². The lowest BCUT2D eigenvalue weighted by Crippen LogP contribution is -2.61. The summed E-state index contributed by atoms with van der Waals surface area (Å²) in [5.41, 5.74) is 0.318. The van der Waals surface area contributed by atoms with Crippen LogP contribution >= 0.6 is 0 Å². The number of hydrogen-bond acceptors (Lipinski definition) is 5. The van der Waals surface area contributed by atoms with Crippen molar-refractivity contribution >= 4 is 0 Å². The summed E-state index contributed by atoms with van der Waals surface area (Å²) in [5, 5.41) is 12.7. The number of aromatic amines is 1. The molecule has 0 radical (unpaired) electrons. The van der Waals surface area contributed by atoms with Crippen LogP contribution in [0.15, 0.2) is 43.0 Å². The smallest absolute Gasteiger partial charge is 0.0690 e. The number of nitrogens with one attached hydrogen (secondary N) is 2. The molecule has 0 aromatic carbocycles. The van der Waals surface area contributed by atoms with Crippen LogP contribution < -0.4 is 5.32 Å². The number of rotatable bonds is 0. The minimum Gasteiger partial charge on any atom is -0.311 e. The Bertz CT molecular complexity index is 387. The maximum atomic E-state index is 3.78. The van der Waals surface area contributed by atoms with Crippen LogP contribution in [0.4, 0.5) is 0 Å². The van der Waals surface area contributed by atoms with Gasteiger partial charge in [-0.05, 0) is 40.0 Å². The Morgan fingerprint density at radius 1 is 1.14 bits per heavy atom. The van der Waals surface area contributed by atoms with Crippen molar-refractivity contribution in [3.8, 4) is 0 Å². The van der Waals surface area contributed by atoms with Gasteiger partial charge in [-0.15, -0.1) is 5.10 Å². The Morgan fingerprint density at radius 2 is 1.86 bits per heavy atom. The quantitative estimate of drug-likeness (QED) is 0.771. The predicted molar refractivity (Wildman–Crippen MR) is 84.8 cm³/mol. The molecule has 1 unspecified atom stereocenters. The molecule has 1 atom stereocenters. The lowest BCUT2D eigenvalue weighted by atomic mass is 9.92. The van der Waals surface area contributed by atoms with E-state index in [1.54, 1.807) is 24.8 Å². The summed E-state index contributed by atoms with van der Waals surface area (Å²) in [6, 6.07) is 6.32. The molecule has 0 saturated carbocycles. The van der Waals surface area contributed by atoms with E-state index in [0.717, 1.165) is 13.1 Å². The first-order valence-electron chi connectivity index (χ1n) is 7.15. The predicted octanol–water partition coefficient (Wildman–Crippen LogP) is 1.57. The number of pyridine rings is 1. The molecule has 1 aliphatic heterocycles. The van der Waals surface area contributed by atoms with Crippen molar-refractivity contribution < 1.29 is 0 Å². The topological polar surface area (TPSA) is 69.7 Å². The number of H-pyrrole nitrogens is 1. The first-order chi connectivity index (χ1) is 10.0. The van der Waals surface area contributed by atoms with Gasteiger partial charge in [0.2, 0.25) is 0 Å². The molecule has 0 bridgehead atoms. The number of likely N-dealkylation sites (N-methyl/N-ethyl adjacent to an activating group) is 1. The SMILES string of the molecule is CC1NCCN(C)C1(C)C.c1c[nH]nn1.c1ccncc1. The molecule has 2 aromatic rings. The Labute approximate surface area is 127 Å². The summed E-state index contributed by atoms with van der Waals surface area (Å²) in [6.07, 6.45) is 6.74. The summed E-state index contributed by atoms with van der Waals surface area (Å²) in [7, 11) is 2.19. The lowest BCUT2D eigenvalue weighted by Gasteiger charge is -2.45. The van der Waals surface area contributed by atoms with Crippen molar-refractivity contribution in [2.24, 2.45) is 0 Å². The molecule has 1 fully saturated rings. The van der Waals surface area contributed by atoms with Crippen LogP contribution in [0.1, 0.15) is 20.8 Å². The molecule has 6 heteroatoms. The van der Waals surface area contributed by atoms with Gasteiger partial charge >= 0.3 is 0 Å². The fourth-order valence-corrected chi connectivity index (χ4v) is 1.80. The van der Waals surface area contributed by atoms with E-state index >= 15 is 0 Å². The van der Waals surface area contributed by atoms with Gasteiger partial charge in [-0.3, -0.25) is 15.0 Å². The standard InChI is InChI=1S/C8H18N2.C5H5N.C2H3N3/c1-7-8(2,3)10(4)6-5-9-7;1-2-4-6-5-3-1;1-2-4-5-3-1/h7,9H,5-6H2,1-4H3;1-5H;1-2H,(H,3,4,5). The third-order valence-corrected chi connectivity index (χ3v) is 3.84. The third kappa shape index (κ3) is 6.46. The van der Waals surface area contributed by atoms with E-state index in [-0.39, 0.29) is 0 Å². The van der Waals surface area contributed by atoms with Crippen LogP contribution in [0, 0.1) is 0 Å². The minimum atomic E-state index is 0.318. The molecule has 0 spiro atoms. The maximum Gasteiger partial charge on any atom is 0.0690 e. The van der Waals surface area contributed by atoms with Gasteiger partial charge in [-0.25, -0.2) is 0 Å². The Morgan fingerprint density at radius 3 is 2.14 bits per heavy atom. The zero-order valence-electron chi connectivity index (χ0n) is 13.3. The van der Waals surface area contributed by atoms with E-state index < -0.39 is 0 Å². The molecular weight excluding hydrogens is 264 g/mol. The normalized spacial score (nSPS) is 20.5. The summed E-state index contributed by atoms with van der Waals surface area (Å²) in [6.45, 7) is 9.10. The van der Waals surface area contributed by atoms with Crippen LogP contribution in [-0.2, 0) is 0 Å². The second kappa shape index (κ2) is 9.20. The number of aromatic nitrogens is 4. The van der Waals surface area contributed by atoms with Crippen molar-refractivity contribution in [2.75, 3.05) is 20.1 Å². The van der Waals surface area contributed by atoms with Crippen molar-refractivity contribution in [2.45, 2.75) is 32.4 Å². The lowest BCUT2D eigenvalue weighted by molar-refractivity contribution is 0.0821. The Kier molecular flexibility index (Phi) is 7.56. The van der Waals surface area contributed by atoms with Crippen LogP contribution in [-0.4, -0.2) is 57.0 Å². The van der Waals surface area contributed by atoms with E-state index in [4.69, 9.17) is 0 Å². The molecule has 1 aliphatic rings. The van der Waals surface area contributed by atoms with E-state index in [0.29, 0.717) is 11.6 Å². The van der Waals surface area contributed by atoms with E-state index in [1.165, 1.54) is 0 Å². The highest BCUT2D eigenvalue weighted by Crippen LogP contribution is 2.19. The maximum absolute atomic E-state index is 3.78. The average molecular weight is 290 g/mol. The minimum absolute atomic E-state index is 0.318. The molecule has 0 amide bonds. The van der Waals surface area contributed by atoms with Gasteiger partial charge in [0.05, 0.1) is 6.20 Å². The van der Waals surface area contributed by atoms with Crippen molar-refractivity contribution in [3.05, 3.63) is 43.0 Å². The summed E-state index contributed by atoms with van der Waals surface area (Å²) in [4.78, 5) is 6.20. The fourth-order valence-electron chi connectivity index (χ4n) is 1.80. The average Bonchev–Trinajstić information content (AvgIpc) is 3.07. The third-order valence-electron chi connectivity index (χ3n) is 3.84.